The first-order valence-corrected chi connectivity index (χ1v) is 4.31. The molecule has 15 heavy (non-hydrogen) atoms. The highest BCUT2D eigenvalue weighted by molar-refractivity contribution is 5.98. The number of carbonyl (C=O) groups is 1. The second-order valence-electron chi connectivity index (χ2n) is 3.15. The van der Waals surface area contributed by atoms with Crippen LogP contribution in [0.1, 0.15) is 22.8 Å². The van der Waals surface area contributed by atoms with Gasteiger partial charge in [-0.15, -0.1) is 0 Å². The van der Waals surface area contributed by atoms with Gasteiger partial charge in [-0.2, -0.15) is 0 Å². The van der Waals surface area contributed by atoms with Gasteiger partial charge in [-0.3, -0.25) is 14.9 Å². The van der Waals surface area contributed by atoms with Crippen LogP contribution in [0.5, 0.6) is 5.75 Å². The van der Waals surface area contributed by atoms with E-state index >= 15 is 0 Å². The van der Waals surface area contributed by atoms with Gasteiger partial charge in [0, 0.05) is 6.07 Å². The number of nitro benzene ring substituents is 1. The SMILES string of the molecule is COc1cc(C(C)=O)c([N+](=O)[O-])cc1C. The Kier molecular flexibility index (Phi) is 3.04. The number of ether oxygens (including phenoxy) is 1. The molecule has 0 fully saturated rings. The summed E-state index contributed by atoms with van der Waals surface area (Å²) in [4.78, 5) is 21.3. The number of Topliss-reactive ketones (excluding diaryl/α,β-unsaturated/α-hetero) is 1. The third-order valence-corrected chi connectivity index (χ3v) is 2.09. The van der Waals surface area contributed by atoms with Crippen molar-refractivity contribution in [1.82, 2.24) is 0 Å². The molecule has 0 unspecified atom stereocenters. The molecule has 0 saturated carbocycles. The van der Waals surface area contributed by atoms with E-state index in [1.807, 2.05) is 0 Å². The van der Waals surface area contributed by atoms with Crippen molar-refractivity contribution in [2.24, 2.45) is 0 Å². The first kappa shape index (κ1) is 11.2. The summed E-state index contributed by atoms with van der Waals surface area (Å²) in [5.41, 5.74) is 0.525. The number of hydrogen-bond acceptors (Lipinski definition) is 4. The fourth-order valence-corrected chi connectivity index (χ4v) is 1.33. The smallest absolute Gasteiger partial charge is 0.280 e. The summed E-state index contributed by atoms with van der Waals surface area (Å²) < 4.78 is 5.00. The lowest BCUT2D eigenvalue weighted by molar-refractivity contribution is -0.385. The summed E-state index contributed by atoms with van der Waals surface area (Å²) in [6, 6.07) is 2.74. The van der Waals surface area contributed by atoms with Gasteiger partial charge in [-0.25, -0.2) is 0 Å². The zero-order valence-electron chi connectivity index (χ0n) is 8.73. The van der Waals surface area contributed by atoms with Crippen LogP contribution < -0.4 is 4.74 Å². The van der Waals surface area contributed by atoms with Crippen LogP contribution in [-0.4, -0.2) is 17.8 Å². The van der Waals surface area contributed by atoms with Crippen molar-refractivity contribution in [2.45, 2.75) is 13.8 Å². The summed E-state index contributed by atoms with van der Waals surface area (Å²) in [5, 5.41) is 10.7. The van der Waals surface area contributed by atoms with Gasteiger partial charge >= 0.3 is 0 Å². The van der Waals surface area contributed by atoms with E-state index in [1.54, 1.807) is 6.92 Å². The number of carbonyl (C=O) groups excluding carboxylic acids is 1. The lowest BCUT2D eigenvalue weighted by Gasteiger charge is -2.06. The van der Waals surface area contributed by atoms with Crippen LogP contribution in [0.4, 0.5) is 5.69 Å². The van der Waals surface area contributed by atoms with Crippen molar-refractivity contribution in [3.63, 3.8) is 0 Å². The molecule has 0 aliphatic heterocycles. The molecule has 0 heterocycles. The van der Waals surface area contributed by atoms with E-state index in [4.69, 9.17) is 4.74 Å². The van der Waals surface area contributed by atoms with Gasteiger partial charge in [-0.1, -0.05) is 0 Å². The number of benzene rings is 1. The Bertz CT molecular complexity index is 426. The maximum Gasteiger partial charge on any atom is 0.280 e. The van der Waals surface area contributed by atoms with Crippen molar-refractivity contribution in [3.8, 4) is 5.75 Å². The van der Waals surface area contributed by atoms with E-state index in [9.17, 15) is 14.9 Å². The Balaban J connectivity index is 3.45. The fourth-order valence-electron chi connectivity index (χ4n) is 1.33. The van der Waals surface area contributed by atoms with E-state index in [0.29, 0.717) is 11.3 Å². The molecule has 0 N–H and O–H groups in total. The molecule has 5 heteroatoms. The molecule has 0 amide bonds. The number of nitro groups is 1. The zero-order chi connectivity index (χ0) is 11.6. The molecule has 0 aliphatic rings. The van der Waals surface area contributed by atoms with Crippen LogP contribution in [-0.2, 0) is 0 Å². The summed E-state index contributed by atoms with van der Waals surface area (Å²) >= 11 is 0. The predicted octanol–water partition coefficient (Wildman–Crippen LogP) is 2.11. The Hall–Kier alpha value is -1.91. The number of aryl methyl sites for hydroxylation is 1. The van der Waals surface area contributed by atoms with E-state index < -0.39 is 4.92 Å². The number of nitrogens with zero attached hydrogens (tertiary/aromatic N) is 1. The molecule has 0 spiro atoms. The average molecular weight is 209 g/mol. The number of methoxy groups -OCH3 is 1. The van der Waals surface area contributed by atoms with Crippen LogP contribution in [0.3, 0.4) is 0 Å². The van der Waals surface area contributed by atoms with Gasteiger partial charge < -0.3 is 4.74 Å². The van der Waals surface area contributed by atoms with Gasteiger partial charge in [-0.05, 0) is 25.5 Å². The zero-order valence-corrected chi connectivity index (χ0v) is 8.73. The first-order chi connectivity index (χ1) is 6.97. The highest BCUT2D eigenvalue weighted by Crippen LogP contribution is 2.28. The van der Waals surface area contributed by atoms with Crippen molar-refractivity contribution < 1.29 is 14.5 Å². The van der Waals surface area contributed by atoms with Crippen LogP contribution in [0.25, 0.3) is 0 Å². The highest BCUT2D eigenvalue weighted by atomic mass is 16.6. The maximum atomic E-state index is 11.2. The standard InChI is InChI=1S/C10H11NO4/c1-6-4-9(11(13)14)8(7(2)12)5-10(6)15-3/h4-5H,1-3H3. The molecule has 1 rings (SSSR count). The van der Waals surface area contributed by atoms with Crippen LogP contribution in [0, 0.1) is 17.0 Å². The van der Waals surface area contributed by atoms with E-state index in [-0.39, 0.29) is 17.0 Å². The molecular weight excluding hydrogens is 198 g/mol. The molecule has 1 aromatic carbocycles. The third-order valence-electron chi connectivity index (χ3n) is 2.09. The number of ketones is 1. The largest absolute Gasteiger partial charge is 0.496 e. The Morgan fingerprint density at radius 3 is 2.47 bits per heavy atom. The minimum absolute atomic E-state index is 0.0717. The van der Waals surface area contributed by atoms with Crippen LogP contribution in [0.15, 0.2) is 12.1 Å². The van der Waals surface area contributed by atoms with Crippen molar-refractivity contribution in [1.29, 1.82) is 0 Å². The van der Waals surface area contributed by atoms with Gasteiger partial charge in [0.15, 0.2) is 5.78 Å². The maximum absolute atomic E-state index is 11.2. The van der Waals surface area contributed by atoms with E-state index in [1.165, 1.54) is 26.2 Å². The Morgan fingerprint density at radius 2 is 2.07 bits per heavy atom. The van der Waals surface area contributed by atoms with E-state index in [0.717, 1.165) is 0 Å². The number of hydrogen-bond donors (Lipinski definition) is 0. The topological polar surface area (TPSA) is 69.4 Å². The average Bonchev–Trinajstić information content (AvgIpc) is 2.16. The van der Waals surface area contributed by atoms with Gasteiger partial charge in [0.05, 0.1) is 17.6 Å². The molecule has 0 bridgehead atoms. The Morgan fingerprint density at radius 1 is 1.47 bits per heavy atom. The summed E-state index contributed by atoms with van der Waals surface area (Å²) in [5.74, 6) is 0.130. The van der Waals surface area contributed by atoms with Gasteiger partial charge in [0.2, 0.25) is 0 Å². The van der Waals surface area contributed by atoms with Crippen molar-refractivity contribution >= 4 is 11.5 Å². The second-order valence-corrected chi connectivity index (χ2v) is 3.15. The van der Waals surface area contributed by atoms with Gasteiger partial charge in [0.25, 0.3) is 5.69 Å². The minimum Gasteiger partial charge on any atom is -0.496 e. The summed E-state index contributed by atoms with van der Waals surface area (Å²) in [7, 11) is 1.46. The van der Waals surface area contributed by atoms with Crippen molar-refractivity contribution in [3.05, 3.63) is 33.4 Å². The second kappa shape index (κ2) is 4.08. The molecule has 80 valence electrons. The molecule has 0 aromatic heterocycles. The predicted molar refractivity (Wildman–Crippen MR) is 54.4 cm³/mol. The molecule has 0 atom stereocenters. The highest BCUT2D eigenvalue weighted by Gasteiger charge is 2.19. The first-order valence-electron chi connectivity index (χ1n) is 4.31. The van der Waals surface area contributed by atoms with Crippen molar-refractivity contribution in [2.75, 3.05) is 7.11 Å². The number of rotatable bonds is 3. The fraction of sp³-hybridized carbons (Fsp3) is 0.300. The quantitative estimate of drug-likeness (QED) is 0.434. The minimum atomic E-state index is -0.566. The molecular formula is C10H11NO4. The molecule has 0 radical (unpaired) electrons. The molecule has 0 saturated heterocycles. The monoisotopic (exact) mass is 209 g/mol. The lowest BCUT2D eigenvalue weighted by atomic mass is 10.1. The molecule has 5 nitrogen and oxygen atoms in total. The summed E-state index contributed by atoms with van der Waals surface area (Å²) in [6.07, 6.45) is 0. The van der Waals surface area contributed by atoms with E-state index in [2.05, 4.69) is 0 Å². The lowest BCUT2D eigenvalue weighted by Crippen LogP contribution is -2.02. The summed E-state index contributed by atoms with van der Waals surface area (Å²) in [6.45, 7) is 2.98. The normalized spacial score (nSPS) is 9.80. The van der Waals surface area contributed by atoms with Crippen LogP contribution in [0.2, 0.25) is 0 Å². The van der Waals surface area contributed by atoms with Crippen LogP contribution >= 0.6 is 0 Å². The third kappa shape index (κ3) is 2.12. The van der Waals surface area contributed by atoms with Gasteiger partial charge in [0.1, 0.15) is 5.75 Å². The molecule has 1 aromatic rings. The Labute approximate surface area is 86.8 Å². The molecule has 0 aliphatic carbocycles.